The third-order valence-corrected chi connectivity index (χ3v) is 3.82. The summed E-state index contributed by atoms with van der Waals surface area (Å²) < 4.78 is 2.16. The molecule has 1 heterocycles. The van der Waals surface area contributed by atoms with Gasteiger partial charge >= 0.3 is 0 Å². The van der Waals surface area contributed by atoms with Crippen molar-refractivity contribution in [3.8, 4) is 0 Å². The van der Waals surface area contributed by atoms with Crippen LogP contribution in [0.3, 0.4) is 0 Å². The number of aryl methyl sites for hydroxylation is 1. The summed E-state index contributed by atoms with van der Waals surface area (Å²) in [5, 5.41) is 0. The van der Waals surface area contributed by atoms with Crippen LogP contribution in [0.4, 0.5) is 0 Å². The molecular formula is C13H22N4O. The van der Waals surface area contributed by atoms with E-state index in [2.05, 4.69) is 16.5 Å². The van der Waals surface area contributed by atoms with Gasteiger partial charge in [0.25, 0.3) is 0 Å². The maximum absolute atomic E-state index is 11.3. The molecule has 0 radical (unpaired) electrons. The molecule has 2 rings (SSSR count). The molecule has 1 aromatic heterocycles. The highest BCUT2D eigenvalue weighted by atomic mass is 16.1. The zero-order valence-electron chi connectivity index (χ0n) is 11.1. The van der Waals surface area contributed by atoms with E-state index in [4.69, 9.17) is 11.5 Å². The summed E-state index contributed by atoms with van der Waals surface area (Å²) in [7, 11) is 0. The van der Waals surface area contributed by atoms with Gasteiger partial charge in [-0.25, -0.2) is 4.98 Å². The molecular weight excluding hydrogens is 228 g/mol. The fraction of sp³-hybridized carbons (Fsp3) is 0.692. The number of carbonyl (C=O) groups is 1. The van der Waals surface area contributed by atoms with Crippen LogP contribution >= 0.6 is 0 Å². The van der Waals surface area contributed by atoms with E-state index < -0.39 is 11.4 Å². The van der Waals surface area contributed by atoms with E-state index in [1.165, 1.54) is 24.2 Å². The average molecular weight is 250 g/mol. The normalized spacial score (nSPS) is 19.9. The topological polar surface area (TPSA) is 86.9 Å². The summed E-state index contributed by atoms with van der Waals surface area (Å²) in [6.07, 6.45) is 6.96. The number of nitrogens with two attached hydrogens (primary N) is 2. The molecule has 5 nitrogen and oxygen atoms in total. The van der Waals surface area contributed by atoms with Crippen molar-refractivity contribution in [1.29, 1.82) is 0 Å². The first-order chi connectivity index (χ1) is 8.42. The molecule has 100 valence electrons. The van der Waals surface area contributed by atoms with E-state index >= 15 is 0 Å². The van der Waals surface area contributed by atoms with Gasteiger partial charge in [-0.2, -0.15) is 0 Å². The fourth-order valence-corrected chi connectivity index (χ4v) is 2.68. The van der Waals surface area contributed by atoms with Crippen LogP contribution < -0.4 is 11.5 Å². The van der Waals surface area contributed by atoms with E-state index in [9.17, 15) is 4.79 Å². The van der Waals surface area contributed by atoms with Crippen LogP contribution in [0, 0.1) is 0 Å². The molecule has 1 amide bonds. The van der Waals surface area contributed by atoms with Crippen molar-refractivity contribution in [2.75, 3.05) is 0 Å². The maximum atomic E-state index is 11.3. The summed E-state index contributed by atoms with van der Waals surface area (Å²) in [4.78, 5) is 15.7. The van der Waals surface area contributed by atoms with Crippen LogP contribution in [0.2, 0.25) is 0 Å². The number of carbonyl (C=O) groups excluding carboxylic acids is 1. The molecule has 0 aromatic carbocycles. The van der Waals surface area contributed by atoms with Crippen LogP contribution in [-0.2, 0) is 17.6 Å². The van der Waals surface area contributed by atoms with E-state index in [1.54, 1.807) is 6.92 Å². The summed E-state index contributed by atoms with van der Waals surface area (Å²) >= 11 is 0. The number of fused-ring (bicyclic) bond motifs is 1. The van der Waals surface area contributed by atoms with Gasteiger partial charge in [0.05, 0.1) is 17.6 Å². The SMILES string of the molecule is CC(CC(C)(N)C(N)=O)n1cnc2c1CCCC2. The molecule has 0 spiro atoms. The smallest absolute Gasteiger partial charge is 0.237 e. The molecule has 2 atom stereocenters. The molecule has 2 unspecified atom stereocenters. The van der Waals surface area contributed by atoms with E-state index in [-0.39, 0.29) is 6.04 Å². The Bertz CT molecular complexity index is 450. The number of hydrogen-bond donors (Lipinski definition) is 2. The average Bonchev–Trinajstić information content (AvgIpc) is 2.71. The molecule has 0 saturated heterocycles. The Morgan fingerprint density at radius 3 is 2.89 bits per heavy atom. The summed E-state index contributed by atoms with van der Waals surface area (Å²) in [5.41, 5.74) is 12.8. The minimum absolute atomic E-state index is 0.141. The van der Waals surface area contributed by atoms with Gasteiger partial charge in [0.1, 0.15) is 0 Å². The van der Waals surface area contributed by atoms with Crippen molar-refractivity contribution in [3.05, 3.63) is 17.7 Å². The van der Waals surface area contributed by atoms with E-state index in [0.717, 1.165) is 12.8 Å². The number of amides is 1. The number of primary amides is 1. The molecule has 1 aliphatic rings. The van der Waals surface area contributed by atoms with Gasteiger partial charge in [-0.1, -0.05) is 0 Å². The molecule has 0 aliphatic heterocycles. The predicted octanol–water partition coefficient (Wildman–Crippen LogP) is 0.916. The zero-order chi connectivity index (χ0) is 13.3. The van der Waals surface area contributed by atoms with Crippen molar-refractivity contribution in [2.24, 2.45) is 11.5 Å². The van der Waals surface area contributed by atoms with Gasteiger partial charge < -0.3 is 16.0 Å². The van der Waals surface area contributed by atoms with Crippen LogP contribution in [0.5, 0.6) is 0 Å². The van der Waals surface area contributed by atoms with Crippen molar-refractivity contribution in [1.82, 2.24) is 9.55 Å². The fourth-order valence-electron chi connectivity index (χ4n) is 2.68. The Hall–Kier alpha value is -1.36. The minimum atomic E-state index is -0.967. The highest BCUT2D eigenvalue weighted by molar-refractivity contribution is 5.83. The van der Waals surface area contributed by atoms with Gasteiger partial charge in [0.2, 0.25) is 5.91 Å². The number of hydrogen-bond acceptors (Lipinski definition) is 3. The first-order valence-corrected chi connectivity index (χ1v) is 6.55. The second-order valence-electron chi connectivity index (χ2n) is 5.59. The first-order valence-electron chi connectivity index (χ1n) is 6.55. The standard InChI is InChI=1S/C13H22N4O/c1-9(7-13(2,15)12(14)18)17-8-16-10-5-3-4-6-11(10)17/h8-9H,3-7,15H2,1-2H3,(H2,14,18). The number of imidazole rings is 1. The molecule has 5 heteroatoms. The van der Waals surface area contributed by atoms with Gasteiger partial charge in [0.15, 0.2) is 0 Å². The van der Waals surface area contributed by atoms with Crippen LogP contribution in [0.15, 0.2) is 6.33 Å². The highest BCUT2D eigenvalue weighted by Gasteiger charge is 2.29. The van der Waals surface area contributed by atoms with Gasteiger partial charge in [-0.3, -0.25) is 4.79 Å². The highest BCUT2D eigenvalue weighted by Crippen LogP contribution is 2.26. The Balaban J connectivity index is 2.17. The number of rotatable bonds is 4. The van der Waals surface area contributed by atoms with Crippen molar-refractivity contribution < 1.29 is 4.79 Å². The first kappa shape index (κ1) is 13.1. The van der Waals surface area contributed by atoms with Crippen molar-refractivity contribution in [2.45, 2.75) is 57.5 Å². The largest absolute Gasteiger partial charge is 0.368 e. The van der Waals surface area contributed by atoms with Gasteiger partial charge in [-0.15, -0.1) is 0 Å². The second-order valence-corrected chi connectivity index (χ2v) is 5.59. The predicted molar refractivity (Wildman–Crippen MR) is 70.0 cm³/mol. The zero-order valence-corrected chi connectivity index (χ0v) is 11.1. The lowest BCUT2D eigenvalue weighted by Crippen LogP contribution is -2.50. The lowest BCUT2D eigenvalue weighted by Gasteiger charge is -2.27. The Morgan fingerprint density at radius 2 is 2.22 bits per heavy atom. The molecule has 0 bridgehead atoms. The number of aromatic nitrogens is 2. The number of nitrogens with zero attached hydrogens (tertiary/aromatic N) is 2. The third kappa shape index (κ3) is 2.41. The van der Waals surface area contributed by atoms with Crippen LogP contribution in [0.25, 0.3) is 0 Å². The minimum Gasteiger partial charge on any atom is -0.368 e. The van der Waals surface area contributed by atoms with Gasteiger partial charge in [0, 0.05) is 11.7 Å². The van der Waals surface area contributed by atoms with Gasteiger partial charge in [-0.05, 0) is 46.0 Å². The Morgan fingerprint density at radius 1 is 1.56 bits per heavy atom. The molecule has 0 saturated carbocycles. The Kier molecular flexibility index (Phi) is 3.43. The quantitative estimate of drug-likeness (QED) is 0.833. The van der Waals surface area contributed by atoms with E-state index in [1.807, 2.05) is 6.33 Å². The molecule has 1 aromatic rings. The van der Waals surface area contributed by atoms with Crippen molar-refractivity contribution in [3.63, 3.8) is 0 Å². The van der Waals surface area contributed by atoms with Crippen LogP contribution in [0.1, 0.15) is 50.5 Å². The molecule has 4 N–H and O–H groups in total. The molecule has 0 fully saturated rings. The Labute approximate surface area is 108 Å². The maximum Gasteiger partial charge on any atom is 0.237 e. The van der Waals surface area contributed by atoms with Crippen molar-refractivity contribution >= 4 is 5.91 Å². The third-order valence-electron chi connectivity index (χ3n) is 3.82. The second kappa shape index (κ2) is 4.72. The lowest BCUT2D eigenvalue weighted by molar-refractivity contribution is -0.123. The summed E-state index contributed by atoms with van der Waals surface area (Å²) in [6, 6.07) is 0.141. The monoisotopic (exact) mass is 250 g/mol. The summed E-state index contributed by atoms with van der Waals surface area (Å²) in [5.74, 6) is -0.455. The van der Waals surface area contributed by atoms with E-state index in [0.29, 0.717) is 6.42 Å². The molecule has 1 aliphatic carbocycles. The van der Waals surface area contributed by atoms with Crippen LogP contribution in [-0.4, -0.2) is 21.0 Å². The molecule has 18 heavy (non-hydrogen) atoms. The summed E-state index contributed by atoms with van der Waals surface area (Å²) in [6.45, 7) is 3.75. The lowest BCUT2D eigenvalue weighted by atomic mass is 9.93.